The normalized spacial score (nSPS) is 25.5. The van der Waals surface area contributed by atoms with Gasteiger partial charge in [-0.25, -0.2) is 4.98 Å². The summed E-state index contributed by atoms with van der Waals surface area (Å²) >= 11 is 1.42. The lowest BCUT2D eigenvalue weighted by atomic mass is 10.0. The highest BCUT2D eigenvalue weighted by Crippen LogP contribution is 2.32. The van der Waals surface area contributed by atoms with Crippen LogP contribution in [0.15, 0.2) is 30.5 Å². The average Bonchev–Trinajstić information content (AvgIpc) is 3.31. The van der Waals surface area contributed by atoms with Crippen LogP contribution in [0.5, 0.6) is 5.75 Å². The third-order valence-electron chi connectivity index (χ3n) is 4.73. The van der Waals surface area contributed by atoms with Crippen LogP contribution in [0.1, 0.15) is 22.6 Å². The minimum absolute atomic E-state index is 0.0540. The molecule has 1 aliphatic heterocycles. The number of methoxy groups -OCH3 is 1. The Morgan fingerprint density at radius 3 is 3.09 bits per heavy atom. The Morgan fingerprint density at radius 1 is 1.43 bits per heavy atom. The van der Waals surface area contributed by atoms with E-state index in [2.05, 4.69) is 15.6 Å². The second-order valence-corrected chi connectivity index (χ2v) is 7.21. The molecule has 1 aliphatic carbocycles. The highest BCUT2D eigenvalue weighted by atomic mass is 32.1. The Labute approximate surface area is 139 Å². The Hall–Kier alpha value is -1.92. The van der Waals surface area contributed by atoms with E-state index in [1.54, 1.807) is 13.3 Å². The van der Waals surface area contributed by atoms with Crippen molar-refractivity contribution in [3.05, 3.63) is 35.5 Å². The first kappa shape index (κ1) is 14.7. The second-order valence-electron chi connectivity index (χ2n) is 6.18. The number of hydrogen-bond acceptors (Lipinski definition) is 5. The van der Waals surface area contributed by atoms with Gasteiger partial charge >= 0.3 is 0 Å². The van der Waals surface area contributed by atoms with E-state index in [9.17, 15) is 4.79 Å². The van der Waals surface area contributed by atoms with Crippen LogP contribution in [0.4, 0.5) is 0 Å². The number of thiazole rings is 1. The van der Waals surface area contributed by atoms with Crippen LogP contribution >= 0.6 is 11.3 Å². The average molecular weight is 329 g/mol. The lowest BCUT2D eigenvalue weighted by Crippen LogP contribution is -2.44. The van der Waals surface area contributed by atoms with E-state index in [-0.39, 0.29) is 11.9 Å². The standard InChI is InChI=1S/C17H19N3O2S/c1-22-13-4-2-3-10(6-13)15-9-19-17(23-15)16(21)20-14-7-12-5-11(14)8-18-12/h2-4,6,9,11-12,14,18H,5,7-8H2,1H3,(H,20,21). The van der Waals surface area contributed by atoms with Gasteiger partial charge in [0, 0.05) is 24.8 Å². The van der Waals surface area contributed by atoms with Gasteiger partial charge in [-0.3, -0.25) is 4.79 Å². The summed E-state index contributed by atoms with van der Waals surface area (Å²) < 4.78 is 5.25. The van der Waals surface area contributed by atoms with Crippen LogP contribution in [-0.4, -0.2) is 36.6 Å². The second kappa shape index (κ2) is 5.94. The SMILES string of the molecule is COc1cccc(-c2cnc(C(=O)NC3CC4CC3CN4)s2)c1. The maximum absolute atomic E-state index is 12.4. The monoisotopic (exact) mass is 329 g/mol. The molecule has 1 amide bonds. The molecule has 3 unspecified atom stereocenters. The smallest absolute Gasteiger partial charge is 0.280 e. The fourth-order valence-corrected chi connectivity index (χ4v) is 4.35. The van der Waals surface area contributed by atoms with Crippen LogP contribution < -0.4 is 15.4 Å². The van der Waals surface area contributed by atoms with Gasteiger partial charge in [-0.2, -0.15) is 0 Å². The molecule has 0 spiro atoms. The third kappa shape index (κ3) is 2.84. The molecule has 2 aromatic rings. The number of amides is 1. The highest BCUT2D eigenvalue weighted by molar-refractivity contribution is 7.17. The molecular formula is C17H19N3O2S. The summed E-state index contributed by atoms with van der Waals surface area (Å²) in [6.07, 6.45) is 3.97. The van der Waals surface area contributed by atoms with Gasteiger partial charge in [-0.1, -0.05) is 12.1 Å². The molecule has 2 N–H and O–H groups in total. The molecule has 1 saturated heterocycles. The van der Waals surface area contributed by atoms with Crippen molar-refractivity contribution in [1.29, 1.82) is 0 Å². The molecule has 0 radical (unpaired) electrons. The molecule has 23 heavy (non-hydrogen) atoms. The fourth-order valence-electron chi connectivity index (χ4n) is 3.53. The van der Waals surface area contributed by atoms with Gasteiger partial charge < -0.3 is 15.4 Å². The lowest BCUT2D eigenvalue weighted by molar-refractivity contribution is 0.0924. The number of carbonyl (C=O) groups is 1. The van der Waals surface area contributed by atoms with Crippen molar-refractivity contribution in [2.75, 3.05) is 13.7 Å². The summed E-state index contributed by atoms with van der Waals surface area (Å²) in [6.45, 7) is 1.02. The number of rotatable bonds is 4. The maximum atomic E-state index is 12.4. The topological polar surface area (TPSA) is 63.2 Å². The highest BCUT2D eigenvalue weighted by Gasteiger charge is 2.40. The molecule has 1 aromatic carbocycles. The first-order chi connectivity index (χ1) is 11.2. The molecule has 2 heterocycles. The van der Waals surface area contributed by atoms with Gasteiger partial charge in [0.15, 0.2) is 5.01 Å². The van der Waals surface area contributed by atoms with Crippen molar-refractivity contribution in [3.63, 3.8) is 0 Å². The van der Waals surface area contributed by atoms with Crippen molar-refractivity contribution < 1.29 is 9.53 Å². The zero-order valence-corrected chi connectivity index (χ0v) is 13.7. The van der Waals surface area contributed by atoms with Gasteiger partial charge in [0.25, 0.3) is 5.91 Å². The Balaban J connectivity index is 1.47. The van der Waals surface area contributed by atoms with Crippen molar-refractivity contribution in [2.45, 2.75) is 24.9 Å². The van der Waals surface area contributed by atoms with Crippen LogP contribution in [0.3, 0.4) is 0 Å². The summed E-state index contributed by atoms with van der Waals surface area (Å²) in [5.74, 6) is 1.32. The quantitative estimate of drug-likeness (QED) is 0.903. The minimum Gasteiger partial charge on any atom is -0.497 e. The third-order valence-corrected chi connectivity index (χ3v) is 5.78. The molecular weight excluding hydrogens is 310 g/mol. The summed E-state index contributed by atoms with van der Waals surface area (Å²) in [5, 5.41) is 7.14. The van der Waals surface area contributed by atoms with E-state index in [0.717, 1.165) is 29.2 Å². The van der Waals surface area contributed by atoms with Gasteiger partial charge in [0.1, 0.15) is 5.75 Å². The van der Waals surface area contributed by atoms with Crippen molar-refractivity contribution >= 4 is 17.2 Å². The van der Waals surface area contributed by atoms with Gasteiger partial charge in [0.2, 0.25) is 0 Å². The number of carbonyl (C=O) groups excluding carboxylic acids is 1. The van der Waals surface area contributed by atoms with E-state index in [4.69, 9.17) is 4.74 Å². The molecule has 3 atom stereocenters. The summed E-state index contributed by atoms with van der Waals surface area (Å²) in [5.41, 5.74) is 1.02. The van der Waals surface area contributed by atoms with Crippen molar-refractivity contribution in [1.82, 2.24) is 15.6 Å². The first-order valence-corrected chi connectivity index (χ1v) is 8.69. The largest absolute Gasteiger partial charge is 0.497 e. The van der Waals surface area contributed by atoms with Gasteiger partial charge in [-0.15, -0.1) is 11.3 Å². The maximum Gasteiger partial charge on any atom is 0.280 e. The first-order valence-electron chi connectivity index (χ1n) is 7.87. The van der Waals surface area contributed by atoms with Gasteiger partial charge in [-0.05, 0) is 36.5 Å². The molecule has 2 fully saturated rings. The number of fused-ring (bicyclic) bond motifs is 2. The predicted molar refractivity (Wildman–Crippen MR) is 89.9 cm³/mol. The predicted octanol–water partition coefficient (Wildman–Crippen LogP) is 2.30. The number of hydrogen-bond donors (Lipinski definition) is 2. The summed E-state index contributed by atoms with van der Waals surface area (Å²) in [6, 6.07) is 8.67. The minimum atomic E-state index is -0.0540. The van der Waals surface area contributed by atoms with Crippen LogP contribution in [0.25, 0.3) is 10.4 Å². The number of ether oxygens (including phenoxy) is 1. The number of piperidine rings is 1. The molecule has 5 nitrogen and oxygen atoms in total. The Bertz CT molecular complexity index is 730. The van der Waals surface area contributed by atoms with Crippen LogP contribution in [0, 0.1) is 5.92 Å². The lowest BCUT2D eigenvalue weighted by Gasteiger charge is -2.22. The van der Waals surface area contributed by atoms with E-state index >= 15 is 0 Å². The zero-order valence-electron chi connectivity index (χ0n) is 12.9. The molecule has 6 heteroatoms. The van der Waals surface area contributed by atoms with Crippen molar-refractivity contribution in [2.24, 2.45) is 5.92 Å². The van der Waals surface area contributed by atoms with E-state index in [1.165, 1.54) is 17.8 Å². The molecule has 1 aromatic heterocycles. The number of nitrogens with zero attached hydrogens (tertiary/aromatic N) is 1. The zero-order chi connectivity index (χ0) is 15.8. The van der Waals surface area contributed by atoms with E-state index in [1.807, 2.05) is 24.3 Å². The van der Waals surface area contributed by atoms with Crippen LogP contribution in [-0.2, 0) is 0 Å². The van der Waals surface area contributed by atoms with E-state index in [0.29, 0.717) is 17.0 Å². The number of aromatic nitrogens is 1. The fraction of sp³-hybridized carbons (Fsp3) is 0.412. The molecule has 2 aliphatic rings. The summed E-state index contributed by atoms with van der Waals surface area (Å²) in [4.78, 5) is 17.7. The molecule has 4 rings (SSSR count). The summed E-state index contributed by atoms with van der Waals surface area (Å²) in [7, 11) is 1.65. The molecule has 2 bridgehead atoms. The van der Waals surface area contributed by atoms with Gasteiger partial charge in [0.05, 0.1) is 12.0 Å². The number of nitrogens with one attached hydrogen (secondary N) is 2. The molecule has 1 saturated carbocycles. The van der Waals surface area contributed by atoms with E-state index < -0.39 is 0 Å². The Morgan fingerprint density at radius 2 is 2.35 bits per heavy atom. The van der Waals surface area contributed by atoms with Crippen LogP contribution in [0.2, 0.25) is 0 Å². The van der Waals surface area contributed by atoms with Crippen molar-refractivity contribution in [3.8, 4) is 16.2 Å². The number of benzene rings is 1. The molecule has 120 valence electrons. The Kier molecular flexibility index (Phi) is 3.79.